The van der Waals surface area contributed by atoms with Gasteiger partial charge >= 0.3 is 7.12 Å². The third-order valence-corrected chi connectivity index (χ3v) is 6.44. The highest BCUT2D eigenvalue weighted by atomic mass is 16.4. The summed E-state index contributed by atoms with van der Waals surface area (Å²) in [6.07, 6.45) is 3.54. The lowest BCUT2D eigenvalue weighted by Crippen LogP contribution is -2.35. The molecule has 0 unspecified atom stereocenters. The van der Waals surface area contributed by atoms with E-state index in [2.05, 4.69) is 11.4 Å². The summed E-state index contributed by atoms with van der Waals surface area (Å²) in [5.41, 5.74) is 2.83. The number of hydrogen-bond donors (Lipinski definition) is 3. The predicted octanol–water partition coefficient (Wildman–Crippen LogP) is 3.67. The molecule has 3 N–H and O–H groups in total. The quantitative estimate of drug-likeness (QED) is 0.572. The van der Waals surface area contributed by atoms with Crippen LogP contribution >= 0.6 is 0 Å². The van der Waals surface area contributed by atoms with E-state index in [-0.39, 0.29) is 17.9 Å². The zero-order chi connectivity index (χ0) is 21.1. The van der Waals surface area contributed by atoms with E-state index in [4.69, 9.17) is 0 Å². The summed E-state index contributed by atoms with van der Waals surface area (Å²) in [6, 6.07) is 21.8. The minimum atomic E-state index is -1.49. The van der Waals surface area contributed by atoms with Crippen LogP contribution in [0.1, 0.15) is 55.7 Å². The molecule has 154 valence electrons. The summed E-state index contributed by atoms with van der Waals surface area (Å²) in [6.45, 7) is 2.02. The minimum absolute atomic E-state index is 0.00286. The number of nitrogens with one attached hydrogen (secondary N) is 1. The molecule has 4 nitrogen and oxygen atoms in total. The standard InChI is InChI=1S/C25H28BNO3/c1-17(18-7-3-2-4-8-18)27-25(28)21-15-13-19(14-16-21)22-11-5-9-20-10-6-12-23(24(20)22)26(29)30/h2-12,17,19,21,29-30H,13-16H2,1H3,(H,27,28)/t17-,19?,21?/m1/s1. The summed E-state index contributed by atoms with van der Waals surface area (Å²) in [5, 5.41) is 24.8. The number of rotatable bonds is 5. The number of benzene rings is 3. The Morgan fingerprint density at radius 2 is 1.60 bits per heavy atom. The van der Waals surface area contributed by atoms with Crippen molar-refractivity contribution in [1.82, 2.24) is 5.32 Å². The number of carbonyl (C=O) groups excluding carboxylic acids is 1. The second-order valence-corrected chi connectivity index (χ2v) is 8.36. The molecule has 0 aliphatic heterocycles. The van der Waals surface area contributed by atoms with Crippen LogP contribution in [0.25, 0.3) is 10.8 Å². The molecule has 1 atom stereocenters. The Bertz CT molecular complexity index is 1010. The highest BCUT2D eigenvalue weighted by Crippen LogP contribution is 2.38. The van der Waals surface area contributed by atoms with Crippen molar-refractivity contribution in [2.45, 2.75) is 44.6 Å². The second-order valence-electron chi connectivity index (χ2n) is 8.36. The Kier molecular flexibility index (Phi) is 6.21. The lowest BCUT2D eigenvalue weighted by molar-refractivity contribution is -0.126. The Morgan fingerprint density at radius 3 is 2.27 bits per heavy atom. The van der Waals surface area contributed by atoms with Crippen LogP contribution in [0.3, 0.4) is 0 Å². The van der Waals surface area contributed by atoms with Gasteiger partial charge in [0.2, 0.25) is 5.91 Å². The summed E-state index contributed by atoms with van der Waals surface area (Å²) < 4.78 is 0. The highest BCUT2D eigenvalue weighted by Gasteiger charge is 2.29. The van der Waals surface area contributed by atoms with Crippen molar-refractivity contribution in [1.29, 1.82) is 0 Å². The van der Waals surface area contributed by atoms with Gasteiger partial charge in [-0.1, -0.05) is 66.7 Å². The first-order chi connectivity index (χ1) is 14.5. The van der Waals surface area contributed by atoms with Gasteiger partial charge in [-0.3, -0.25) is 4.79 Å². The molecule has 0 spiro atoms. The van der Waals surface area contributed by atoms with Crippen molar-refractivity contribution in [3.8, 4) is 0 Å². The average molecular weight is 401 g/mol. The number of fused-ring (bicyclic) bond motifs is 1. The lowest BCUT2D eigenvalue weighted by Gasteiger charge is -2.30. The molecule has 1 aliphatic carbocycles. The van der Waals surface area contributed by atoms with Gasteiger partial charge in [0.05, 0.1) is 6.04 Å². The van der Waals surface area contributed by atoms with Gasteiger partial charge in [-0.2, -0.15) is 0 Å². The monoisotopic (exact) mass is 401 g/mol. The molecule has 1 aliphatic rings. The van der Waals surface area contributed by atoms with Crippen molar-refractivity contribution in [3.05, 3.63) is 77.9 Å². The second kappa shape index (κ2) is 9.03. The fraction of sp³-hybridized carbons (Fsp3) is 0.320. The van der Waals surface area contributed by atoms with Gasteiger partial charge in [-0.05, 0) is 65.9 Å². The molecule has 0 aromatic heterocycles. The van der Waals surface area contributed by atoms with Crippen LogP contribution in [-0.4, -0.2) is 23.1 Å². The molecule has 1 fully saturated rings. The van der Waals surface area contributed by atoms with E-state index in [0.29, 0.717) is 11.4 Å². The SMILES string of the molecule is C[C@@H](NC(=O)C1CCC(c2cccc3cccc(B(O)O)c23)CC1)c1ccccc1. The van der Waals surface area contributed by atoms with Crippen LogP contribution in [0, 0.1) is 5.92 Å². The maximum Gasteiger partial charge on any atom is 0.489 e. The summed E-state index contributed by atoms with van der Waals surface area (Å²) >= 11 is 0. The lowest BCUT2D eigenvalue weighted by atomic mass is 9.72. The molecular weight excluding hydrogens is 373 g/mol. The van der Waals surface area contributed by atoms with Crippen LogP contribution in [0.2, 0.25) is 0 Å². The van der Waals surface area contributed by atoms with Gasteiger partial charge in [0.1, 0.15) is 0 Å². The molecule has 0 heterocycles. The third kappa shape index (κ3) is 4.28. The van der Waals surface area contributed by atoms with E-state index < -0.39 is 7.12 Å². The van der Waals surface area contributed by atoms with Crippen LogP contribution in [0.4, 0.5) is 0 Å². The Hall–Kier alpha value is -2.63. The van der Waals surface area contributed by atoms with Crippen molar-refractivity contribution in [3.63, 3.8) is 0 Å². The predicted molar refractivity (Wildman–Crippen MR) is 121 cm³/mol. The third-order valence-electron chi connectivity index (χ3n) is 6.44. The van der Waals surface area contributed by atoms with Crippen molar-refractivity contribution in [2.75, 3.05) is 0 Å². The van der Waals surface area contributed by atoms with Crippen LogP contribution < -0.4 is 10.8 Å². The number of hydrogen-bond acceptors (Lipinski definition) is 3. The van der Waals surface area contributed by atoms with Gasteiger partial charge in [0.25, 0.3) is 0 Å². The fourth-order valence-corrected chi connectivity index (χ4v) is 4.78. The molecule has 0 radical (unpaired) electrons. The van der Waals surface area contributed by atoms with E-state index >= 15 is 0 Å². The molecule has 1 amide bonds. The summed E-state index contributed by atoms with van der Waals surface area (Å²) in [4.78, 5) is 12.8. The van der Waals surface area contributed by atoms with E-state index in [1.165, 1.54) is 0 Å². The van der Waals surface area contributed by atoms with Crippen molar-refractivity contribution < 1.29 is 14.8 Å². The van der Waals surface area contributed by atoms with Gasteiger partial charge in [0, 0.05) is 5.92 Å². The molecule has 5 heteroatoms. The van der Waals surface area contributed by atoms with Crippen molar-refractivity contribution >= 4 is 29.3 Å². The first kappa shape index (κ1) is 20.6. The fourth-order valence-electron chi connectivity index (χ4n) is 4.78. The zero-order valence-corrected chi connectivity index (χ0v) is 17.3. The van der Waals surface area contributed by atoms with E-state index in [1.807, 2.05) is 61.5 Å². The van der Waals surface area contributed by atoms with Crippen LogP contribution in [-0.2, 0) is 4.79 Å². The maximum atomic E-state index is 12.8. The molecule has 3 aromatic rings. The molecule has 3 aromatic carbocycles. The molecule has 0 bridgehead atoms. The Labute approximate surface area is 178 Å². The molecule has 4 rings (SSSR count). The molecule has 0 saturated heterocycles. The molecule has 1 saturated carbocycles. The maximum absolute atomic E-state index is 12.8. The first-order valence-corrected chi connectivity index (χ1v) is 10.8. The minimum Gasteiger partial charge on any atom is -0.423 e. The smallest absolute Gasteiger partial charge is 0.423 e. The Balaban J connectivity index is 1.46. The largest absolute Gasteiger partial charge is 0.489 e. The van der Waals surface area contributed by atoms with Gasteiger partial charge in [-0.15, -0.1) is 0 Å². The number of amides is 1. The van der Waals surface area contributed by atoms with Crippen LogP contribution in [0.5, 0.6) is 0 Å². The first-order valence-electron chi connectivity index (χ1n) is 10.8. The molecular formula is C25H28BNO3. The van der Waals surface area contributed by atoms with Crippen LogP contribution in [0.15, 0.2) is 66.7 Å². The van der Waals surface area contributed by atoms with Gasteiger partial charge in [0.15, 0.2) is 0 Å². The summed E-state index contributed by atoms with van der Waals surface area (Å²) in [7, 11) is -1.49. The van der Waals surface area contributed by atoms with E-state index in [1.54, 1.807) is 6.07 Å². The van der Waals surface area contributed by atoms with Gasteiger partial charge in [-0.25, -0.2) is 0 Å². The summed E-state index contributed by atoms with van der Waals surface area (Å²) in [5.74, 6) is 0.490. The van der Waals surface area contributed by atoms with E-state index in [0.717, 1.165) is 47.6 Å². The van der Waals surface area contributed by atoms with E-state index in [9.17, 15) is 14.8 Å². The number of carbonyl (C=O) groups is 1. The topological polar surface area (TPSA) is 69.6 Å². The molecule has 30 heavy (non-hydrogen) atoms. The normalized spacial score (nSPS) is 20.0. The highest BCUT2D eigenvalue weighted by molar-refractivity contribution is 6.62. The zero-order valence-electron chi connectivity index (χ0n) is 17.3. The van der Waals surface area contributed by atoms with Crippen molar-refractivity contribution in [2.24, 2.45) is 5.92 Å². The van der Waals surface area contributed by atoms with Gasteiger partial charge < -0.3 is 15.4 Å². The average Bonchev–Trinajstić information content (AvgIpc) is 2.78. The Morgan fingerprint density at radius 1 is 0.933 bits per heavy atom.